The number of rotatable bonds is 2. The molecule has 0 radical (unpaired) electrons. The molecular formula is C22H31N3O. The van der Waals surface area contributed by atoms with E-state index >= 15 is 0 Å². The number of benzene rings is 1. The second-order valence-corrected chi connectivity index (χ2v) is 8.13. The van der Waals surface area contributed by atoms with Crippen molar-refractivity contribution >= 4 is 11.0 Å². The van der Waals surface area contributed by atoms with Crippen molar-refractivity contribution in [3.05, 3.63) is 40.3 Å². The van der Waals surface area contributed by atoms with E-state index < -0.39 is 0 Å². The van der Waals surface area contributed by atoms with Crippen molar-refractivity contribution in [2.75, 3.05) is 13.1 Å². The molecule has 2 aliphatic rings. The van der Waals surface area contributed by atoms with E-state index in [4.69, 9.17) is 0 Å². The molecule has 1 saturated carbocycles. The lowest BCUT2D eigenvalue weighted by Gasteiger charge is -2.39. The van der Waals surface area contributed by atoms with Crippen molar-refractivity contribution in [2.45, 2.75) is 76.8 Å². The minimum atomic E-state index is 0.0908. The first kappa shape index (κ1) is 17.7. The summed E-state index contributed by atoms with van der Waals surface area (Å²) in [4.78, 5) is 20.0. The van der Waals surface area contributed by atoms with Crippen molar-refractivity contribution < 1.29 is 0 Å². The highest BCUT2D eigenvalue weighted by Gasteiger charge is 2.27. The molecule has 4 heteroatoms. The largest absolute Gasteiger partial charge is 0.302 e. The van der Waals surface area contributed by atoms with Gasteiger partial charge in [0.15, 0.2) is 0 Å². The van der Waals surface area contributed by atoms with Gasteiger partial charge in [0, 0.05) is 25.2 Å². The third-order valence-electron chi connectivity index (χ3n) is 6.41. The van der Waals surface area contributed by atoms with Crippen molar-refractivity contribution in [1.29, 1.82) is 0 Å². The first-order valence-electron chi connectivity index (χ1n) is 10.5. The van der Waals surface area contributed by atoms with Crippen molar-refractivity contribution in [2.24, 2.45) is 0 Å². The number of likely N-dealkylation sites (tertiary alicyclic amines) is 1. The summed E-state index contributed by atoms with van der Waals surface area (Å²) in [7, 11) is 0. The topological polar surface area (TPSA) is 38.1 Å². The highest BCUT2D eigenvalue weighted by atomic mass is 16.1. The second kappa shape index (κ2) is 7.91. The second-order valence-electron chi connectivity index (χ2n) is 8.13. The number of fused-ring (bicyclic) bond motifs is 1. The fourth-order valence-electron chi connectivity index (χ4n) is 4.95. The summed E-state index contributed by atoms with van der Waals surface area (Å²) in [6, 6.07) is 9.15. The molecule has 1 aliphatic carbocycles. The van der Waals surface area contributed by atoms with Crippen LogP contribution in [0, 0.1) is 6.92 Å². The third kappa shape index (κ3) is 3.57. The smallest absolute Gasteiger partial charge is 0.272 e. The van der Waals surface area contributed by atoms with Crippen LogP contribution in [0.25, 0.3) is 11.0 Å². The molecule has 1 aromatic heterocycles. The normalized spacial score (nSPS) is 21.6. The van der Waals surface area contributed by atoms with Gasteiger partial charge < -0.3 is 9.47 Å². The maximum absolute atomic E-state index is 12.8. The molecule has 0 spiro atoms. The fourth-order valence-corrected chi connectivity index (χ4v) is 4.95. The lowest BCUT2D eigenvalue weighted by atomic mass is 9.93. The van der Waals surface area contributed by atoms with Crippen LogP contribution in [0.4, 0.5) is 0 Å². The maximum atomic E-state index is 12.8. The molecule has 1 aliphatic heterocycles. The lowest BCUT2D eigenvalue weighted by Crippen LogP contribution is -2.43. The van der Waals surface area contributed by atoms with Crippen molar-refractivity contribution in [3.8, 4) is 0 Å². The maximum Gasteiger partial charge on any atom is 0.272 e. The first-order chi connectivity index (χ1) is 12.7. The Kier molecular flexibility index (Phi) is 5.39. The molecule has 4 nitrogen and oxygen atoms in total. The van der Waals surface area contributed by atoms with Crippen LogP contribution in [-0.2, 0) is 0 Å². The summed E-state index contributed by atoms with van der Waals surface area (Å²) >= 11 is 0. The Hall–Kier alpha value is -1.68. The molecule has 4 rings (SSSR count). The summed E-state index contributed by atoms with van der Waals surface area (Å²) in [6.07, 6.45) is 11.9. The Bertz CT molecular complexity index is 797. The number of piperidine rings is 1. The first-order valence-corrected chi connectivity index (χ1v) is 10.5. The predicted molar refractivity (Wildman–Crippen MR) is 107 cm³/mol. The molecule has 1 saturated heterocycles. The van der Waals surface area contributed by atoms with Gasteiger partial charge in [0.05, 0.1) is 11.0 Å². The number of aryl methyl sites for hydroxylation is 1. The average Bonchev–Trinajstić information content (AvgIpc) is 2.63. The number of hydrogen-bond donors (Lipinski definition) is 0. The van der Waals surface area contributed by atoms with Gasteiger partial charge in [-0.2, -0.15) is 0 Å². The Labute approximate surface area is 156 Å². The van der Waals surface area contributed by atoms with E-state index in [1.54, 1.807) is 0 Å². The summed E-state index contributed by atoms with van der Waals surface area (Å²) in [6.45, 7) is 4.09. The van der Waals surface area contributed by atoms with E-state index in [1.807, 2.05) is 35.8 Å². The van der Waals surface area contributed by atoms with Crippen LogP contribution < -0.4 is 5.56 Å². The number of para-hydroxylation sites is 2. The molecule has 0 unspecified atom stereocenters. The van der Waals surface area contributed by atoms with Crippen LogP contribution in [0.5, 0.6) is 0 Å². The van der Waals surface area contributed by atoms with Gasteiger partial charge in [-0.25, -0.2) is 4.98 Å². The minimum Gasteiger partial charge on any atom is -0.302 e. The fraction of sp³-hybridized carbons (Fsp3) is 0.636. The van der Waals surface area contributed by atoms with Gasteiger partial charge in [0.25, 0.3) is 5.56 Å². The Morgan fingerprint density at radius 2 is 1.54 bits per heavy atom. The molecule has 26 heavy (non-hydrogen) atoms. The zero-order valence-corrected chi connectivity index (χ0v) is 16.0. The van der Waals surface area contributed by atoms with E-state index in [9.17, 15) is 4.79 Å². The number of nitrogens with zero attached hydrogens (tertiary/aromatic N) is 3. The van der Waals surface area contributed by atoms with Crippen molar-refractivity contribution in [1.82, 2.24) is 14.5 Å². The van der Waals surface area contributed by atoms with E-state index in [1.165, 1.54) is 44.9 Å². The highest BCUT2D eigenvalue weighted by molar-refractivity contribution is 5.74. The van der Waals surface area contributed by atoms with E-state index in [2.05, 4.69) is 9.88 Å². The molecule has 0 N–H and O–H groups in total. The minimum absolute atomic E-state index is 0.0908. The van der Waals surface area contributed by atoms with Gasteiger partial charge in [0.2, 0.25) is 0 Å². The van der Waals surface area contributed by atoms with Crippen LogP contribution in [0.2, 0.25) is 0 Å². The van der Waals surface area contributed by atoms with Crippen LogP contribution in [0.15, 0.2) is 29.1 Å². The number of hydrogen-bond acceptors (Lipinski definition) is 3. The molecule has 2 heterocycles. The lowest BCUT2D eigenvalue weighted by molar-refractivity contribution is 0.116. The van der Waals surface area contributed by atoms with Gasteiger partial charge in [-0.3, -0.25) is 4.79 Å². The third-order valence-corrected chi connectivity index (χ3v) is 6.41. The van der Waals surface area contributed by atoms with Gasteiger partial charge in [-0.05, 0) is 44.7 Å². The molecule has 1 aromatic carbocycles. The van der Waals surface area contributed by atoms with Crippen LogP contribution in [-0.4, -0.2) is 33.6 Å². The average molecular weight is 354 g/mol. The monoisotopic (exact) mass is 353 g/mol. The Morgan fingerprint density at radius 1 is 0.885 bits per heavy atom. The quantitative estimate of drug-likeness (QED) is 0.800. The van der Waals surface area contributed by atoms with E-state index in [0.29, 0.717) is 11.7 Å². The predicted octanol–water partition coefficient (Wildman–Crippen LogP) is 4.45. The van der Waals surface area contributed by atoms with Crippen molar-refractivity contribution in [3.63, 3.8) is 0 Å². The Morgan fingerprint density at radius 3 is 2.27 bits per heavy atom. The molecule has 2 fully saturated rings. The van der Waals surface area contributed by atoms with Crippen LogP contribution in [0.3, 0.4) is 0 Å². The molecular weight excluding hydrogens is 322 g/mol. The Balaban J connectivity index is 1.52. The molecule has 140 valence electrons. The summed E-state index contributed by atoms with van der Waals surface area (Å²) in [5.74, 6) is 0. The summed E-state index contributed by atoms with van der Waals surface area (Å²) in [5, 5.41) is 0. The molecule has 2 aromatic rings. The zero-order chi connectivity index (χ0) is 17.9. The van der Waals surface area contributed by atoms with Crippen LogP contribution in [0.1, 0.15) is 69.5 Å². The molecule has 0 atom stereocenters. The summed E-state index contributed by atoms with van der Waals surface area (Å²) in [5.41, 5.74) is 2.64. The van der Waals surface area contributed by atoms with Crippen LogP contribution >= 0.6 is 0 Å². The van der Waals surface area contributed by atoms with Gasteiger partial charge in [0.1, 0.15) is 5.69 Å². The highest BCUT2D eigenvalue weighted by Crippen LogP contribution is 2.29. The SMILES string of the molecule is Cc1nc2ccccc2n(C2CCN(C3CCCCCCC3)CC2)c1=O. The molecule has 0 bridgehead atoms. The van der Waals surface area contributed by atoms with Gasteiger partial charge >= 0.3 is 0 Å². The zero-order valence-electron chi connectivity index (χ0n) is 16.0. The van der Waals surface area contributed by atoms with E-state index in [0.717, 1.165) is 43.0 Å². The van der Waals surface area contributed by atoms with E-state index in [-0.39, 0.29) is 5.56 Å². The summed E-state index contributed by atoms with van der Waals surface area (Å²) < 4.78 is 2.03. The van der Waals surface area contributed by atoms with Gasteiger partial charge in [-0.1, -0.05) is 44.2 Å². The number of aromatic nitrogens is 2. The molecule has 0 amide bonds. The standard InChI is InChI=1S/C22H31N3O/c1-17-22(26)25(21-12-8-7-11-20(21)23-17)19-13-15-24(16-14-19)18-9-5-3-2-4-6-10-18/h7-8,11-12,18-19H,2-6,9-10,13-16H2,1H3. The van der Waals surface area contributed by atoms with Gasteiger partial charge in [-0.15, -0.1) is 0 Å².